The van der Waals surface area contributed by atoms with E-state index in [0.717, 1.165) is 5.92 Å². The summed E-state index contributed by atoms with van der Waals surface area (Å²) in [4.78, 5) is 0. The van der Waals surface area contributed by atoms with Crippen LogP contribution in [0, 0.1) is 18.3 Å². The van der Waals surface area contributed by atoms with E-state index >= 15 is 0 Å². The van der Waals surface area contributed by atoms with Gasteiger partial charge in [-0.2, -0.15) is 0 Å². The first-order valence-electron chi connectivity index (χ1n) is 5.45. The van der Waals surface area contributed by atoms with Crippen molar-refractivity contribution in [2.45, 2.75) is 41.0 Å². The van der Waals surface area contributed by atoms with Crippen molar-refractivity contribution in [3.63, 3.8) is 0 Å². The molecule has 0 aliphatic heterocycles. The molecular weight excluding hydrogens is 168 g/mol. The van der Waals surface area contributed by atoms with Crippen LogP contribution < -0.4 is 0 Å². The lowest BCUT2D eigenvalue weighted by atomic mass is 9.78. The van der Waals surface area contributed by atoms with Crippen LogP contribution in [0.4, 0.5) is 0 Å². The molecule has 0 radical (unpaired) electrons. The number of benzene rings is 1. The molecule has 0 nitrogen and oxygen atoms in total. The van der Waals surface area contributed by atoms with Gasteiger partial charge in [0.15, 0.2) is 0 Å². The van der Waals surface area contributed by atoms with Gasteiger partial charge in [0.05, 0.1) is 0 Å². The topological polar surface area (TPSA) is 0 Å². The predicted molar refractivity (Wildman–Crippen MR) is 63.5 cm³/mol. The second-order valence-corrected chi connectivity index (χ2v) is 5.46. The average Bonchev–Trinajstić information content (AvgIpc) is 2.07. The second-order valence-electron chi connectivity index (χ2n) is 5.46. The molecule has 1 aromatic carbocycles. The van der Waals surface area contributed by atoms with Crippen molar-refractivity contribution < 1.29 is 0 Å². The lowest BCUT2D eigenvalue weighted by molar-refractivity contribution is 0.260. The largest absolute Gasteiger partial charge is 0.0617 e. The van der Waals surface area contributed by atoms with Crippen molar-refractivity contribution in [2.24, 2.45) is 11.3 Å². The molecule has 0 heterocycles. The minimum atomic E-state index is 0.408. The fourth-order valence-corrected chi connectivity index (χ4v) is 1.38. The Morgan fingerprint density at radius 3 is 2.00 bits per heavy atom. The Labute approximate surface area is 88.4 Å². The van der Waals surface area contributed by atoms with E-state index in [2.05, 4.69) is 58.9 Å². The predicted octanol–water partition coefficient (Wildman–Crippen LogP) is 4.22. The monoisotopic (exact) mass is 190 g/mol. The van der Waals surface area contributed by atoms with E-state index in [-0.39, 0.29) is 0 Å². The van der Waals surface area contributed by atoms with Gasteiger partial charge in [0.1, 0.15) is 0 Å². The summed E-state index contributed by atoms with van der Waals surface area (Å²) in [6.45, 7) is 11.4. The SMILES string of the molecule is Cc1ccc(CC(C)C(C)(C)C)cc1. The van der Waals surface area contributed by atoms with E-state index in [1.165, 1.54) is 17.5 Å². The molecule has 1 unspecified atom stereocenters. The summed E-state index contributed by atoms with van der Waals surface area (Å²) < 4.78 is 0. The first kappa shape index (κ1) is 11.3. The number of rotatable bonds is 2. The lowest BCUT2D eigenvalue weighted by Crippen LogP contribution is -2.19. The maximum atomic E-state index is 2.33. The van der Waals surface area contributed by atoms with E-state index < -0.39 is 0 Å². The Hall–Kier alpha value is -0.780. The molecule has 0 aromatic heterocycles. The molecule has 1 atom stereocenters. The summed E-state index contributed by atoms with van der Waals surface area (Å²) in [5.74, 6) is 0.727. The molecule has 1 aromatic rings. The highest BCUT2D eigenvalue weighted by molar-refractivity contribution is 5.21. The highest BCUT2D eigenvalue weighted by Gasteiger charge is 2.19. The Morgan fingerprint density at radius 1 is 1.07 bits per heavy atom. The van der Waals surface area contributed by atoms with Crippen molar-refractivity contribution >= 4 is 0 Å². The fourth-order valence-electron chi connectivity index (χ4n) is 1.38. The van der Waals surface area contributed by atoms with E-state index in [1.54, 1.807) is 0 Å². The zero-order valence-corrected chi connectivity index (χ0v) is 10.1. The van der Waals surface area contributed by atoms with E-state index in [1.807, 2.05) is 0 Å². The van der Waals surface area contributed by atoms with E-state index in [0.29, 0.717) is 5.41 Å². The van der Waals surface area contributed by atoms with Crippen LogP contribution in [0.25, 0.3) is 0 Å². The normalized spacial score (nSPS) is 14.1. The number of hydrogen-bond donors (Lipinski definition) is 0. The van der Waals surface area contributed by atoms with Gasteiger partial charge in [-0.05, 0) is 30.2 Å². The van der Waals surface area contributed by atoms with Crippen molar-refractivity contribution in [1.29, 1.82) is 0 Å². The minimum Gasteiger partial charge on any atom is -0.0617 e. The highest BCUT2D eigenvalue weighted by atomic mass is 14.2. The fraction of sp³-hybridized carbons (Fsp3) is 0.571. The lowest BCUT2D eigenvalue weighted by Gasteiger charge is -2.27. The number of aryl methyl sites for hydroxylation is 1. The Balaban J connectivity index is 2.65. The van der Waals surface area contributed by atoms with Gasteiger partial charge >= 0.3 is 0 Å². The maximum Gasteiger partial charge on any atom is -0.0248 e. The van der Waals surface area contributed by atoms with Gasteiger partial charge in [-0.3, -0.25) is 0 Å². The van der Waals surface area contributed by atoms with Gasteiger partial charge in [0.25, 0.3) is 0 Å². The van der Waals surface area contributed by atoms with Crippen LogP contribution in [0.2, 0.25) is 0 Å². The van der Waals surface area contributed by atoms with Crippen LogP contribution in [0.3, 0.4) is 0 Å². The van der Waals surface area contributed by atoms with Crippen LogP contribution in [0.5, 0.6) is 0 Å². The van der Waals surface area contributed by atoms with Gasteiger partial charge in [-0.25, -0.2) is 0 Å². The summed E-state index contributed by atoms with van der Waals surface area (Å²) >= 11 is 0. The molecule has 0 fully saturated rings. The van der Waals surface area contributed by atoms with Crippen LogP contribution >= 0.6 is 0 Å². The first-order valence-corrected chi connectivity index (χ1v) is 5.45. The molecule has 0 heteroatoms. The molecule has 14 heavy (non-hydrogen) atoms. The van der Waals surface area contributed by atoms with E-state index in [4.69, 9.17) is 0 Å². The van der Waals surface area contributed by atoms with Gasteiger partial charge < -0.3 is 0 Å². The summed E-state index contributed by atoms with van der Waals surface area (Å²) in [6.07, 6.45) is 1.18. The zero-order valence-electron chi connectivity index (χ0n) is 10.1. The van der Waals surface area contributed by atoms with Crippen LogP contribution in [0.15, 0.2) is 24.3 Å². The molecule has 0 bridgehead atoms. The molecule has 78 valence electrons. The van der Waals surface area contributed by atoms with Crippen molar-refractivity contribution in [1.82, 2.24) is 0 Å². The van der Waals surface area contributed by atoms with Crippen molar-refractivity contribution in [3.8, 4) is 0 Å². The molecule has 0 aliphatic rings. The second kappa shape index (κ2) is 4.16. The molecule has 0 saturated heterocycles. The third-order valence-electron chi connectivity index (χ3n) is 3.14. The Morgan fingerprint density at radius 2 is 1.57 bits per heavy atom. The van der Waals surface area contributed by atoms with Gasteiger partial charge in [0.2, 0.25) is 0 Å². The smallest absolute Gasteiger partial charge is 0.0248 e. The molecular formula is C14H22. The van der Waals surface area contributed by atoms with Gasteiger partial charge in [0, 0.05) is 0 Å². The maximum absolute atomic E-state index is 2.33. The molecule has 0 spiro atoms. The molecule has 1 rings (SSSR count). The third kappa shape index (κ3) is 3.17. The first-order chi connectivity index (χ1) is 6.39. The zero-order chi connectivity index (χ0) is 10.8. The number of hydrogen-bond acceptors (Lipinski definition) is 0. The quantitative estimate of drug-likeness (QED) is 0.655. The average molecular weight is 190 g/mol. The molecule has 0 saturated carbocycles. The summed E-state index contributed by atoms with van der Waals surface area (Å²) in [6, 6.07) is 8.89. The van der Waals surface area contributed by atoms with Crippen molar-refractivity contribution in [2.75, 3.05) is 0 Å². The summed E-state index contributed by atoms with van der Waals surface area (Å²) in [5.41, 5.74) is 3.21. The minimum absolute atomic E-state index is 0.408. The molecule has 0 amide bonds. The van der Waals surface area contributed by atoms with Crippen LogP contribution in [-0.4, -0.2) is 0 Å². The standard InChI is InChI=1S/C14H22/c1-11-6-8-13(9-7-11)10-12(2)14(3,4)5/h6-9,12H,10H2,1-5H3. The molecule has 0 aliphatic carbocycles. The summed E-state index contributed by atoms with van der Waals surface area (Å²) in [7, 11) is 0. The highest BCUT2D eigenvalue weighted by Crippen LogP contribution is 2.28. The van der Waals surface area contributed by atoms with E-state index in [9.17, 15) is 0 Å². The van der Waals surface area contributed by atoms with Crippen molar-refractivity contribution in [3.05, 3.63) is 35.4 Å². The van der Waals surface area contributed by atoms with Gasteiger partial charge in [-0.1, -0.05) is 57.5 Å². The third-order valence-corrected chi connectivity index (χ3v) is 3.14. The Kier molecular flexibility index (Phi) is 3.36. The van der Waals surface area contributed by atoms with Crippen LogP contribution in [0.1, 0.15) is 38.8 Å². The molecule has 0 N–H and O–H groups in total. The van der Waals surface area contributed by atoms with Gasteiger partial charge in [-0.15, -0.1) is 0 Å². The Bertz CT molecular complexity index is 274. The summed E-state index contributed by atoms with van der Waals surface area (Å²) in [5, 5.41) is 0. The van der Waals surface area contributed by atoms with Crippen LogP contribution in [-0.2, 0) is 6.42 Å².